The van der Waals surface area contributed by atoms with E-state index in [4.69, 9.17) is 16.3 Å². The van der Waals surface area contributed by atoms with Gasteiger partial charge in [-0.3, -0.25) is 9.59 Å². The van der Waals surface area contributed by atoms with Crippen LogP contribution >= 0.6 is 11.6 Å². The molecule has 1 aromatic heterocycles. The van der Waals surface area contributed by atoms with Crippen LogP contribution in [0.4, 0.5) is 5.69 Å². The van der Waals surface area contributed by atoms with Crippen LogP contribution in [0.15, 0.2) is 72.8 Å². The molecule has 0 spiro atoms. The molecule has 0 bridgehead atoms. The number of carbonyl (C=O) groups excluding carboxylic acids is 2. The Balaban J connectivity index is 1.56. The van der Waals surface area contributed by atoms with E-state index in [0.29, 0.717) is 16.4 Å². The molecule has 4 aromatic rings. The fraction of sp³-hybridized carbons (Fsp3) is 0.154. The number of nitrogens with one attached hydrogen (secondary N) is 1. The Morgan fingerprint density at radius 2 is 1.82 bits per heavy atom. The van der Waals surface area contributed by atoms with Crippen LogP contribution in [0.3, 0.4) is 0 Å². The summed E-state index contributed by atoms with van der Waals surface area (Å²) in [4.78, 5) is 28.2. The van der Waals surface area contributed by atoms with Crippen LogP contribution in [0.2, 0.25) is 5.02 Å². The smallest absolute Gasteiger partial charge is 0.272 e. The van der Waals surface area contributed by atoms with Gasteiger partial charge in [0.1, 0.15) is 18.0 Å². The van der Waals surface area contributed by atoms with Crippen molar-refractivity contribution < 1.29 is 14.3 Å². The number of benzene rings is 3. The molecule has 6 nitrogen and oxygen atoms in total. The predicted molar refractivity (Wildman–Crippen MR) is 129 cm³/mol. The Labute approximate surface area is 196 Å². The third-order valence-electron chi connectivity index (χ3n) is 6.05. The zero-order chi connectivity index (χ0) is 23.1. The van der Waals surface area contributed by atoms with E-state index in [-0.39, 0.29) is 18.4 Å². The molecule has 2 amide bonds. The summed E-state index contributed by atoms with van der Waals surface area (Å²) in [6.45, 7) is -0.0922. The number of methoxy groups -OCH3 is 1. The van der Waals surface area contributed by atoms with Gasteiger partial charge < -0.3 is 19.5 Å². The average molecular weight is 460 g/mol. The van der Waals surface area contributed by atoms with Crippen molar-refractivity contribution in [1.29, 1.82) is 0 Å². The highest BCUT2D eigenvalue weighted by Gasteiger charge is 2.42. The number of rotatable bonds is 5. The molecule has 1 aliphatic rings. The first-order chi connectivity index (χ1) is 16.0. The molecule has 0 aliphatic carbocycles. The topological polar surface area (TPSA) is 63.6 Å². The van der Waals surface area contributed by atoms with E-state index < -0.39 is 6.04 Å². The number of aryl methyl sites for hydroxylation is 1. The summed E-state index contributed by atoms with van der Waals surface area (Å²) in [6, 6.07) is 22.1. The molecule has 7 heteroatoms. The Hall–Kier alpha value is -3.77. The van der Waals surface area contributed by atoms with Crippen molar-refractivity contribution in [3.63, 3.8) is 0 Å². The highest BCUT2D eigenvalue weighted by molar-refractivity contribution is 6.30. The Morgan fingerprint density at radius 1 is 1.06 bits per heavy atom. The maximum absolute atomic E-state index is 13.6. The maximum Gasteiger partial charge on any atom is 0.272 e. The molecule has 1 aliphatic heterocycles. The van der Waals surface area contributed by atoms with E-state index in [9.17, 15) is 9.59 Å². The third-order valence-corrected chi connectivity index (χ3v) is 6.28. The zero-order valence-electron chi connectivity index (χ0n) is 18.2. The average Bonchev–Trinajstić information content (AvgIpc) is 3.26. The van der Waals surface area contributed by atoms with E-state index in [1.807, 2.05) is 60.1 Å². The molecule has 1 atom stereocenters. The number of anilines is 1. The van der Waals surface area contributed by atoms with E-state index in [2.05, 4.69) is 5.32 Å². The number of para-hydroxylation sites is 1. The lowest BCUT2D eigenvalue weighted by atomic mass is 9.98. The molecule has 1 N–H and O–H groups in total. The van der Waals surface area contributed by atoms with Crippen LogP contribution in [-0.4, -0.2) is 34.9 Å². The van der Waals surface area contributed by atoms with Gasteiger partial charge >= 0.3 is 0 Å². The predicted octanol–water partition coefficient (Wildman–Crippen LogP) is 5.02. The van der Waals surface area contributed by atoms with Crippen LogP contribution in [0.1, 0.15) is 27.7 Å². The molecular weight excluding hydrogens is 438 g/mol. The molecule has 166 valence electrons. The summed E-state index contributed by atoms with van der Waals surface area (Å²) in [5.74, 6) is 0.262. The summed E-state index contributed by atoms with van der Waals surface area (Å²) in [6.07, 6.45) is 0. The van der Waals surface area contributed by atoms with Gasteiger partial charge in [-0.15, -0.1) is 0 Å². The molecule has 5 rings (SSSR count). The lowest BCUT2D eigenvalue weighted by Crippen LogP contribution is -2.37. The molecule has 3 aromatic carbocycles. The molecule has 33 heavy (non-hydrogen) atoms. The first-order valence-electron chi connectivity index (χ1n) is 10.6. The normalized spacial score (nSPS) is 15.1. The molecule has 0 saturated carbocycles. The van der Waals surface area contributed by atoms with Gasteiger partial charge in [-0.2, -0.15) is 0 Å². The van der Waals surface area contributed by atoms with Crippen molar-refractivity contribution in [2.75, 3.05) is 19.0 Å². The van der Waals surface area contributed by atoms with Gasteiger partial charge in [0.2, 0.25) is 5.91 Å². The first-order valence-corrected chi connectivity index (χ1v) is 10.9. The highest BCUT2D eigenvalue weighted by atomic mass is 35.5. The van der Waals surface area contributed by atoms with Crippen LogP contribution in [0, 0.1) is 0 Å². The molecule has 1 unspecified atom stereocenters. The van der Waals surface area contributed by atoms with Gasteiger partial charge in [-0.1, -0.05) is 48.0 Å². The van der Waals surface area contributed by atoms with Crippen LogP contribution in [0.25, 0.3) is 10.9 Å². The van der Waals surface area contributed by atoms with Gasteiger partial charge in [-0.05, 0) is 42.0 Å². The van der Waals surface area contributed by atoms with E-state index in [1.54, 1.807) is 36.3 Å². The molecule has 0 saturated heterocycles. The minimum Gasteiger partial charge on any atom is -0.497 e. The van der Waals surface area contributed by atoms with Gasteiger partial charge in [0.05, 0.1) is 13.2 Å². The lowest BCUT2D eigenvalue weighted by Gasteiger charge is -2.26. The van der Waals surface area contributed by atoms with Gasteiger partial charge in [0.25, 0.3) is 5.91 Å². The fourth-order valence-electron chi connectivity index (χ4n) is 4.58. The van der Waals surface area contributed by atoms with Crippen molar-refractivity contribution in [2.24, 2.45) is 7.05 Å². The molecule has 0 fully saturated rings. The van der Waals surface area contributed by atoms with Crippen molar-refractivity contribution in [1.82, 2.24) is 9.47 Å². The number of halogens is 1. The second-order valence-corrected chi connectivity index (χ2v) is 8.44. The number of fused-ring (bicyclic) bond motifs is 3. The number of hydrogen-bond donors (Lipinski definition) is 1. The standard InChI is InChI=1S/C26H22ClN3O3/c1-29-21-9-4-3-8-20(21)23-24(16-10-12-19(33-2)13-11-16)30(26(32)25(23)29)15-22(31)28-18-7-5-6-17(27)14-18/h3-14,24H,15H2,1-2H3,(H,28,31). The number of aromatic nitrogens is 1. The molecular formula is C26H22ClN3O3. The summed E-state index contributed by atoms with van der Waals surface area (Å²) < 4.78 is 7.22. The van der Waals surface area contributed by atoms with Crippen molar-refractivity contribution in [3.05, 3.63) is 94.6 Å². The van der Waals surface area contributed by atoms with Gasteiger partial charge in [-0.25, -0.2) is 0 Å². The van der Waals surface area contributed by atoms with Crippen molar-refractivity contribution in [2.45, 2.75) is 6.04 Å². The third kappa shape index (κ3) is 3.62. The van der Waals surface area contributed by atoms with Gasteiger partial charge in [0, 0.05) is 34.2 Å². The van der Waals surface area contributed by atoms with Crippen LogP contribution in [0.5, 0.6) is 5.75 Å². The molecule has 2 heterocycles. The van der Waals surface area contributed by atoms with E-state index in [1.165, 1.54) is 0 Å². The SMILES string of the molecule is COc1ccc(C2c3c(n(C)c4ccccc34)C(=O)N2CC(=O)Nc2cccc(Cl)c2)cc1. The fourth-order valence-corrected chi connectivity index (χ4v) is 4.77. The summed E-state index contributed by atoms with van der Waals surface area (Å²) in [5, 5.41) is 4.38. The number of carbonyl (C=O) groups is 2. The summed E-state index contributed by atoms with van der Waals surface area (Å²) in [7, 11) is 3.50. The number of hydrogen-bond acceptors (Lipinski definition) is 3. The summed E-state index contributed by atoms with van der Waals surface area (Å²) >= 11 is 6.04. The lowest BCUT2D eigenvalue weighted by molar-refractivity contribution is -0.117. The van der Waals surface area contributed by atoms with Gasteiger partial charge in [0.15, 0.2) is 0 Å². The number of amides is 2. The van der Waals surface area contributed by atoms with Crippen molar-refractivity contribution in [3.8, 4) is 5.75 Å². The zero-order valence-corrected chi connectivity index (χ0v) is 19.0. The monoisotopic (exact) mass is 459 g/mol. The first kappa shape index (κ1) is 21.1. The minimum atomic E-state index is -0.394. The van der Waals surface area contributed by atoms with Crippen molar-refractivity contribution >= 4 is 40.0 Å². The minimum absolute atomic E-state index is 0.0922. The van der Waals surface area contributed by atoms with E-state index in [0.717, 1.165) is 27.8 Å². The quantitative estimate of drug-likeness (QED) is 0.455. The summed E-state index contributed by atoms with van der Waals surface area (Å²) in [5.41, 5.74) is 4.00. The largest absolute Gasteiger partial charge is 0.497 e. The second kappa shape index (κ2) is 8.30. The Kier molecular flexibility index (Phi) is 5.30. The Morgan fingerprint density at radius 3 is 2.55 bits per heavy atom. The van der Waals surface area contributed by atoms with E-state index >= 15 is 0 Å². The van der Waals surface area contributed by atoms with Crippen LogP contribution in [-0.2, 0) is 11.8 Å². The number of nitrogens with zero attached hydrogens (tertiary/aromatic N) is 2. The number of ether oxygens (including phenoxy) is 1. The molecule has 0 radical (unpaired) electrons. The second-order valence-electron chi connectivity index (χ2n) is 8.01. The maximum atomic E-state index is 13.6. The Bertz CT molecular complexity index is 1380. The highest BCUT2D eigenvalue weighted by Crippen LogP contribution is 2.44. The van der Waals surface area contributed by atoms with Crippen LogP contribution < -0.4 is 10.1 Å².